The molecule has 0 radical (unpaired) electrons. The molecule has 0 unspecified atom stereocenters. The van der Waals surface area contributed by atoms with Crippen LogP contribution < -0.4 is 16.0 Å². The number of aromatic carboxylic acids is 1. The van der Waals surface area contributed by atoms with E-state index in [1.165, 1.54) is 13.1 Å². The van der Waals surface area contributed by atoms with E-state index in [-0.39, 0.29) is 30.3 Å². The van der Waals surface area contributed by atoms with Crippen LogP contribution in [0, 0.1) is 6.92 Å². The SMILES string of the molecule is CNC(=O)CCNC(=O)Nc1cc(C)[nH]c1C(=O)O. The fourth-order valence-corrected chi connectivity index (χ4v) is 1.44. The Morgan fingerprint density at radius 1 is 1.37 bits per heavy atom. The second-order valence-electron chi connectivity index (χ2n) is 3.85. The zero-order chi connectivity index (χ0) is 14.4. The van der Waals surface area contributed by atoms with Gasteiger partial charge in [0.15, 0.2) is 0 Å². The Morgan fingerprint density at radius 2 is 2.05 bits per heavy atom. The van der Waals surface area contributed by atoms with Gasteiger partial charge in [-0.15, -0.1) is 0 Å². The number of aromatic nitrogens is 1. The number of rotatable bonds is 5. The highest BCUT2D eigenvalue weighted by atomic mass is 16.4. The fraction of sp³-hybridized carbons (Fsp3) is 0.364. The molecule has 0 saturated carbocycles. The van der Waals surface area contributed by atoms with Crippen molar-refractivity contribution in [2.45, 2.75) is 13.3 Å². The van der Waals surface area contributed by atoms with Gasteiger partial charge in [-0.2, -0.15) is 0 Å². The first-order valence-electron chi connectivity index (χ1n) is 5.62. The van der Waals surface area contributed by atoms with E-state index in [2.05, 4.69) is 20.9 Å². The van der Waals surface area contributed by atoms with Gasteiger partial charge in [-0.05, 0) is 13.0 Å². The van der Waals surface area contributed by atoms with E-state index in [1.807, 2.05) is 0 Å². The van der Waals surface area contributed by atoms with Crippen LogP contribution in [0.4, 0.5) is 10.5 Å². The normalized spacial score (nSPS) is 9.79. The number of carbonyl (C=O) groups is 3. The van der Waals surface area contributed by atoms with Gasteiger partial charge in [-0.25, -0.2) is 9.59 Å². The molecular formula is C11H16N4O4. The summed E-state index contributed by atoms with van der Waals surface area (Å²) in [5.41, 5.74) is 0.722. The average Bonchev–Trinajstić information content (AvgIpc) is 2.70. The fourth-order valence-electron chi connectivity index (χ4n) is 1.44. The molecule has 1 aromatic rings. The highest BCUT2D eigenvalue weighted by Gasteiger charge is 2.15. The number of urea groups is 1. The number of carboxylic acids is 1. The molecule has 0 atom stereocenters. The molecule has 3 amide bonds. The van der Waals surface area contributed by atoms with Crippen LogP contribution in [0.1, 0.15) is 22.6 Å². The number of nitrogens with one attached hydrogen (secondary N) is 4. The molecule has 19 heavy (non-hydrogen) atoms. The van der Waals surface area contributed by atoms with E-state index in [1.54, 1.807) is 6.92 Å². The highest BCUT2D eigenvalue weighted by Crippen LogP contribution is 2.16. The van der Waals surface area contributed by atoms with E-state index >= 15 is 0 Å². The van der Waals surface area contributed by atoms with Crippen molar-refractivity contribution in [2.24, 2.45) is 0 Å². The molecule has 0 bridgehead atoms. The monoisotopic (exact) mass is 268 g/mol. The number of amides is 3. The Hall–Kier alpha value is -2.51. The van der Waals surface area contributed by atoms with Gasteiger partial charge >= 0.3 is 12.0 Å². The number of hydrogen-bond acceptors (Lipinski definition) is 3. The third-order valence-electron chi connectivity index (χ3n) is 2.33. The minimum absolute atomic E-state index is 0.0843. The van der Waals surface area contributed by atoms with Crippen molar-refractivity contribution in [3.05, 3.63) is 17.5 Å². The largest absolute Gasteiger partial charge is 0.477 e. The molecule has 1 heterocycles. The summed E-state index contributed by atoms with van der Waals surface area (Å²) in [6, 6.07) is 0.951. The molecule has 1 aromatic heterocycles. The molecular weight excluding hydrogens is 252 g/mol. The van der Waals surface area contributed by atoms with Crippen LogP contribution in [0.2, 0.25) is 0 Å². The second-order valence-corrected chi connectivity index (χ2v) is 3.85. The predicted molar refractivity (Wildman–Crippen MR) is 68.2 cm³/mol. The molecule has 0 aliphatic carbocycles. The van der Waals surface area contributed by atoms with Crippen molar-refractivity contribution < 1.29 is 19.5 Å². The maximum absolute atomic E-state index is 11.5. The number of carbonyl (C=O) groups excluding carboxylic acids is 2. The summed E-state index contributed by atoms with van der Waals surface area (Å²) >= 11 is 0. The molecule has 0 saturated heterocycles. The number of anilines is 1. The van der Waals surface area contributed by atoms with Crippen LogP contribution >= 0.6 is 0 Å². The minimum Gasteiger partial charge on any atom is -0.477 e. The van der Waals surface area contributed by atoms with Crippen LogP contribution in [0.5, 0.6) is 0 Å². The molecule has 8 heteroatoms. The molecule has 104 valence electrons. The Bertz CT molecular complexity index is 495. The molecule has 0 aliphatic rings. The van der Waals surface area contributed by atoms with Gasteiger partial charge in [0.1, 0.15) is 5.69 Å². The molecule has 8 nitrogen and oxygen atoms in total. The van der Waals surface area contributed by atoms with Gasteiger partial charge in [0.25, 0.3) is 0 Å². The van der Waals surface area contributed by atoms with Gasteiger partial charge in [-0.1, -0.05) is 0 Å². The lowest BCUT2D eigenvalue weighted by molar-refractivity contribution is -0.120. The van der Waals surface area contributed by atoms with Crippen molar-refractivity contribution in [3.63, 3.8) is 0 Å². The maximum Gasteiger partial charge on any atom is 0.354 e. The third kappa shape index (κ3) is 4.34. The third-order valence-corrected chi connectivity index (χ3v) is 2.33. The van der Waals surface area contributed by atoms with Crippen molar-refractivity contribution in [1.29, 1.82) is 0 Å². The molecule has 0 aliphatic heterocycles. The van der Waals surface area contributed by atoms with Crippen molar-refractivity contribution in [2.75, 3.05) is 18.9 Å². The van der Waals surface area contributed by atoms with E-state index in [0.717, 1.165) is 0 Å². The molecule has 0 aromatic carbocycles. The Labute approximate surface area is 109 Å². The van der Waals surface area contributed by atoms with E-state index in [9.17, 15) is 14.4 Å². The van der Waals surface area contributed by atoms with Crippen LogP contribution in [0.25, 0.3) is 0 Å². The smallest absolute Gasteiger partial charge is 0.354 e. The van der Waals surface area contributed by atoms with Gasteiger partial charge in [0.05, 0.1) is 5.69 Å². The number of hydrogen-bond donors (Lipinski definition) is 5. The summed E-state index contributed by atoms with van der Waals surface area (Å²) in [6.45, 7) is 1.85. The summed E-state index contributed by atoms with van der Waals surface area (Å²) < 4.78 is 0. The standard InChI is InChI=1S/C11H16N4O4/c1-6-5-7(9(14-6)10(17)18)15-11(19)13-4-3-8(16)12-2/h5,14H,3-4H2,1-2H3,(H,12,16)(H,17,18)(H2,13,15,19). The van der Waals surface area contributed by atoms with Crippen molar-refractivity contribution >= 4 is 23.6 Å². The van der Waals surface area contributed by atoms with Gasteiger partial charge in [0.2, 0.25) is 5.91 Å². The first-order valence-corrected chi connectivity index (χ1v) is 5.62. The highest BCUT2D eigenvalue weighted by molar-refractivity contribution is 5.99. The summed E-state index contributed by atoms with van der Waals surface area (Å²) in [4.78, 5) is 36.0. The van der Waals surface area contributed by atoms with Crippen LogP contribution in [-0.4, -0.2) is 41.6 Å². The Balaban J connectivity index is 2.53. The van der Waals surface area contributed by atoms with Crippen LogP contribution in [0.15, 0.2) is 6.07 Å². The lowest BCUT2D eigenvalue weighted by Crippen LogP contribution is -2.32. The predicted octanol–water partition coefficient (Wildman–Crippen LogP) is 0.279. The van der Waals surface area contributed by atoms with Crippen LogP contribution in [0.3, 0.4) is 0 Å². The van der Waals surface area contributed by atoms with Gasteiger partial charge < -0.3 is 26.0 Å². The quantitative estimate of drug-likeness (QED) is 0.526. The molecule has 0 fully saturated rings. The summed E-state index contributed by atoms with van der Waals surface area (Å²) in [6.07, 6.45) is 0.155. The number of aromatic amines is 1. The number of aryl methyl sites for hydroxylation is 1. The van der Waals surface area contributed by atoms with E-state index < -0.39 is 12.0 Å². The van der Waals surface area contributed by atoms with Crippen LogP contribution in [-0.2, 0) is 4.79 Å². The first-order chi connectivity index (χ1) is 8.93. The minimum atomic E-state index is -1.16. The lowest BCUT2D eigenvalue weighted by atomic mass is 10.3. The van der Waals surface area contributed by atoms with E-state index in [4.69, 9.17) is 5.11 Å². The zero-order valence-corrected chi connectivity index (χ0v) is 10.7. The summed E-state index contributed by atoms with van der Waals surface area (Å²) in [5.74, 6) is -1.35. The molecule has 5 N–H and O–H groups in total. The lowest BCUT2D eigenvalue weighted by Gasteiger charge is -2.06. The second kappa shape index (κ2) is 6.43. The maximum atomic E-state index is 11.5. The van der Waals surface area contributed by atoms with Crippen molar-refractivity contribution in [1.82, 2.24) is 15.6 Å². The Morgan fingerprint density at radius 3 is 2.63 bits per heavy atom. The molecule has 0 spiro atoms. The zero-order valence-electron chi connectivity index (χ0n) is 10.7. The Kier molecular flexibility index (Phi) is 4.92. The topological polar surface area (TPSA) is 123 Å². The first kappa shape index (κ1) is 14.6. The van der Waals surface area contributed by atoms with E-state index in [0.29, 0.717) is 5.69 Å². The summed E-state index contributed by atoms with van der Waals surface area (Å²) in [5, 5.41) is 16.2. The molecule has 1 rings (SSSR count). The average molecular weight is 268 g/mol. The number of H-pyrrole nitrogens is 1. The summed E-state index contributed by atoms with van der Waals surface area (Å²) in [7, 11) is 1.50. The van der Waals surface area contributed by atoms with Gasteiger partial charge in [-0.3, -0.25) is 4.79 Å². The van der Waals surface area contributed by atoms with Gasteiger partial charge in [0, 0.05) is 25.7 Å². The van der Waals surface area contributed by atoms with Crippen molar-refractivity contribution in [3.8, 4) is 0 Å². The number of carboxylic acid groups (broad SMARTS) is 1.